The Bertz CT molecular complexity index is 711. The van der Waals surface area contributed by atoms with Crippen molar-refractivity contribution < 1.29 is 4.39 Å². The molecule has 80 valence electrons. The van der Waals surface area contributed by atoms with E-state index in [9.17, 15) is 4.39 Å². The molecule has 0 aliphatic heterocycles. The zero-order valence-corrected chi connectivity index (χ0v) is 10.00. The average molecular weight is 302 g/mol. The molecule has 2 aromatic heterocycles. The van der Waals surface area contributed by atoms with Crippen molar-refractivity contribution in [3.05, 3.63) is 34.0 Å². The van der Waals surface area contributed by atoms with Gasteiger partial charge in [-0.05, 0) is 33.6 Å². The van der Waals surface area contributed by atoms with Gasteiger partial charge in [-0.25, -0.2) is 14.4 Å². The molecular weight excluding hydrogens is 298 g/mol. The molecule has 0 spiro atoms. The lowest BCUT2D eigenvalue weighted by molar-refractivity contribution is 0.622. The second-order valence-electron chi connectivity index (χ2n) is 3.16. The van der Waals surface area contributed by atoms with E-state index in [1.165, 1.54) is 16.9 Å². The molecule has 0 bridgehead atoms. The van der Waals surface area contributed by atoms with Crippen molar-refractivity contribution >= 4 is 44.1 Å². The Morgan fingerprint density at radius 2 is 2.19 bits per heavy atom. The summed E-state index contributed by atoms with van der Waals surface area (Å²) in [6, 6.07) is 2.91. The molecule has 2 heterocycles. The lowest BCUT2D eigenvalue weighted by Crippen LogP contribution is -1.95. The summed E-state index contributed by atoms with van der Waals surface area (Å²) in [4.78, 5) is 8.11. The van der Waals surface area contributed by atoms with E-state index >= 15 is 0 Å². The number of aromatic nitrogens is 4. The number of hydrogen-bond donors (Lipinski definition) is 0. The molecule has 0 fully saturated rings. The summed E-state index contributed by atoms with van der Waals surface area (Å²) in [7, 11) is 0. The monoisotopic (exact) mass is 300 g/mol. The Morgan fingerprint density at radius 1 is 1.38 bits per heavy atom. The van der Waals surface area contributed by atoms with Gasteiger partial charge in [-0.2, -0.15) is 9.61 Å². The molecule has 16 heavy (non-hydrogen) atoms. The summed E-state index contributed by atoms with van der Waals surface area (Å²) in [5.41, 5.74) is 1.00. The molecule has 1 aromatic carbocycles. The van der Waals surface area contributed by atoms with Crippen LogP contribution in [-0.4, -0.2) is 19.6 Å². The zero-order chi connectivity index (χ0) is 11.3. The van der Waals surface area contributed by atoms with Crippen molar-refractivity contribution in [1.29, 1.82) is 0 Å². The molecule has 3 rings (SSSR count). The van der Waals surface area contributed by atoms with Gasteiger partial charge in [0.25, 0.3) is 0 Å². The molecule has 4 nitrogen and oxygen atoms in total. The Kier molecular flexibility index (Phi) is 2.08. The molecule has 3 aromatic rings. The van der Waals surface area contributed by atoms with Crippen LogP contribution in [0.1, 0.15) is 0 Å². The molecule has 0 unspecified atom stereocenters. The number of nitrogens with zero attached hydrogens (tertiary/aromatic N) is 4. The van der Waals surface area contributed by atoms with Gasteiger partial charge < -0.3 is 0 Å². The first-order valence-electron chi connectivity index (χ1n) is 4.31. The highest BCUT2D eigenvalue weighted by Gasteiger charge is 2.11. The molecule has 0 amide bonds. The van der Waals surface area contributed by atoms with Crippen LogP contribution in [0.15, 0.2) is 22.9 Å². The van der Waals surface area contributed by atoms with Crippen LogP contribution in [-0.2, 0) is 0 Å². The Balaban J connectivity index is 2.59. The highest BCUT2D eigenvalue weighted by molar-refractivity contribution is 9.10. The molecule has 0 atom stereocenters. The highest BCUT2D eigenvalue weighted by Crippen LogP contribution is 2.25. The third-order valence-electron chi connectivity index (χ3n) is 2.21. The fourth-order valence-corrected chi connectivity index (χ4v) is 2.07. The van der Waals surface area contributed by atoms with Crippen LogP contribution >= 0.6 is 27.5 Å². The van der Waals surface area contributed by atoms with Crippen LogP contribution < -0.4 is 0 Å². The lowest BCUT2D eigenvalue weighted by Gasteiger charge is -2.02. The molecule has 0 N–H and O–H groups in total. The maximum atomic E-state index is 13.3. The Hall–Kier alpha value is -1.27. The second kappa shape index (κ2) is 3.36. The van der Waals surface area contributed by atoms with Gasteiger partial charge in [-0.1, -0.05) is 0 Å². The minimum Gasteiger partial charge on any atom is -0.218 e. The van der Waals surface area contributed by atoms with Crippen LogP contribution in [0.25, 0.3) is 16.6 Å². The van der Waals surface area contributed by atoms with E-state index in [1.807, 2.05) is 0 Å². The summed E-state index contributed by atoms with van der Waals surface area (Å²) in [6.07, 6.45) is 1.37. The van der Waals surface area contributed by atoms with Gasteiger partial charge in [0.05, 0.1) is 9.99 Å². The maximum absolute atomic E-state index is 13.3. The van der Waals surface area contributed by atoms with Gasteiger partial charge in [-0.15, -0.1) is 0 Å². The number of rotatable bonds is 0. The van der Waals surface area contributed by atoms with Crippen molar-refractivity contribution in [2.45, 2.75) is 0 Å². The molecule has 7 heteroatoms. The van der Waals surface area contributed by atoms with E-state index in [1.54, 1.807) is 6.07 Å². The molecular formula is C9H3BrClFN4. The van der Waals surface area contributed by atoms with Gasteiger partial charge in [0, 0.05) is 11.5 Å². The third-order valence-corrected chi connectivity index (χ3v) is 3.07. The molecule has 0 radical (unpaired) electrons. The van der Waals surface area contributed by atoms with E-state index in [-0.39, 0.29) is 11.1 Å². The SMILES string of the molecule is Fc1cc2nc(Cl)n3ncnc3c2cc1Br. The van der Waals surface area contributed by atoms with Crippen LogP contribution in [0.3, 0.4) is 0 Å². The topological polar surface area (TPSA) is 43.1 Å². The Labute approximate surface area is 102 Å². The molecule has 0 aliphatic rings. The zero-order valence-electron chi connectivity index (χ0n) is 7.65. The third kappa shape index (κ3) is 1.30. The summed E-state index contributed by atoms with van der Waals surface area (Å²) in [5, 5.41) is 4.77. The summed E-state index contributed by atoms with van der Waals surface area (Å²) in [5.74, 6) is -0.389. The number of halogens is 3. The van der Waals surface area contributed by atoms with E-state index < -0.39 is 0 Å². The van der Waals surface area contributed by atoms with E-state index in [4.69, 9.17) is 11.6 Å². The first-order valence-corrected chi connectivity index (χ1v) is 5.48. The van der Waals surface area contributed by atoms with E-state index in [2.05, 4.69) is 31.0 Å². The highest BCUT2D eigenvalue weighted by atomic mass is 79.9. The second-order valence-corrected chi connectivity index (χ2v) is 4.35. The number of benzene rings is 1. The number of hydrogen-bond acceptors (Lipinski definition) is 3. The molecule has 0 saturated carbocycles. The quantitative estimate of drug-likeness (QED) is 0.600. The van der Waals surface area contributed by atoms with Gasteiger partial charge in [0.1, 0.15) is 12.1 Å². The smallest absolute Gasteiger partial charge is 0.218 e. The van der Waals surface area contributed by atoms with E-state index in [0.717, 1.165) is 0 Å². The summed E-state index contributed by atoms with van der Waals surface area (Å²) in [6.45, 7) is 0. The Morgan fingerprint density at radius 3 is 3.00 bits per heavy atom. The van der Waals surface area contributed by atoms with Gasteiger partial charge >= 0.3 is 0 Å². The predicted molar refractivity (Wildman–Crippen MR) is 61.0 cm³/mol. The average Bonchev–Trinajstić information content (AvgIpc) is 2.71. The predicted octanol–water partition coefficient (Wildman–Crippen LogP) is 2.83. The van der Waals surface area contributed by atoms with Crippen molar-refractivity contribution in [2.75, 3.05) is 0 Å². The van der Waals surface area contributed by atoms with Crippen molar-refractivity contribution in [3.63, 3.8) is 0 Å². The van der Waals surface area contributed by atoms with Crippen LogP contribution in [0.5, 0.6) is 0 Å². The largest absolute Gasteiger partial charge is 0.226 e. The standard InChI is InChI=1S/C9H3BrClFN4/c10-5-1-4-7(2-6(5)12)15-9(11)16-8(4)13-3-14-16/h1-3H. The first-order chi connectivity index (χ1) is 7.66. The van der Waals surface area contributed by atoms with E-state index in [0.29, 0.717) is 21.0 Å². The molecule has 0 aliphatic carbocycles. The fourth-order valence-electron chi connectivity index (χ4n) is 1.51. The van der Waals surface area contributed by atoms with Gasteiger partial charge in [0.2, 0.25) is 5.28 Å². The minimum absolute atomic E-state index is 0.154. The summed E-state index contributed by atoms with van der Waals surface area (Å²) >= 11 is 9.00. The first kappa shape index (κ1) is 9.92. The lowest BCUT2D eigenvalue weighted by atomic mass is 10.2. The summed E-state index contributed by atoms with van der Waals surface area (Å²) < 4.78 is 15.1. The fraction of sp³-hybridized carbons (Fsp3) is 0. The van der Waals surface area contributed by atoms with Crippen LogP contribution in [0, 0.1) is 5.82 Å². The van der Waals surface area contributed by atoms with Crippen molar-refractivity contribution in [3.8, 4) is 0 Å². The van der Waals surface area contributed by atoms with Crippen LogP contribution in [0.2, 0.25) is 5.28 Å². The van der Waals surface area contributed by atoms with Gasteiger partial charge in [0.15, 0.2) is 5.65 Å². The van der Waals surface area contributed by atoms with Gasteiger partial charge in [-0.3, -0.25) is 0 Å². The normalized spacial score (nSPS) is 11.4. The minimum atomic E-state index is -0.389. The maximum Gasteiger partial charge on any atom is 0.226 e. The van der Waals surface area contributed by atoms with Crippen molar-refractivity contribution in [1.82, 2.24) is 19.6 Å². The number of fused-ring (bicyclic) bond motifs is 3. The van der Waals surface area contributed by atoms with Crippen LogP contribution in [0.4, 0.5) is 4.39 Å². The van der Waals surface area contributed by atoms with Crippen molar-refractivity contribution in [2.24, 2.45) is 0 Å². The molecule has 0 saturated heterocycles.